The number of aromatic amines is 1. The van der Waals surface area contributed by atoms with Crippen molar-refractivity contribution in [2.24, 2.45) is 0 Å². The van der Waals surface area contributed by atoms with Crippen molar-refractivity contribution in [1.82, 2.24) is 9.55 Å². The summed E-state index contributed by atoms with van der Waals surface area (Å²) in [5.74, 6) is 0. The molecule has 0 saturated carbocycles. The van der Waals surface area contributed by atoms with Crippen molar-refractivity contribution in [2.45, 2.75) is 6.92 Å². The van der Waals surface area contributed by atoms with Crippen molar-refractivity contribution in [1.29, 1.82) is 0 Å². The molecule has 86 valence electrons. The van der Waals surface area contributed by atoms with Gasteiger partial charge < -0.3 is 4.98 Å². The first kappa shape index (κ1) is 10.6. The molecule has 0 spiro atoms. The van der Waals surface area contributed by atoms with Gasteiger partial charge in [-0.1, -0.05) is 23.7 Å². The summed E-state index contributed by atoms with van der Waals surface area (Å²) in [5, 5.41) is 0.830. The number of aryl methyl sites for hydroxylation is 1. The molecule has 0 bridgehead atoms. The normalized spacial score (nSPS) is 11.2. The molecule has 17 heavy (non-hydrogen) atoms. The number of imidazole rings is 1. The van der Waals surface area contributed by atoms with Crippen LogP contribution >= 0.6 is 22.9 Å². The second kappa shape index (κ2) is 3.75. The molecule has 0 amide bonds. The van der Waals surface area contributed by atoms with E-state index in [4.69, 9.17) is 11.6 Å². The van der Waals surface area contributed by atoms with E-state index in [2.05, 4.69) is 4.98 Å². The summed E-state index contributed by atoms with van der Waals surface area (Å²) in [6.45, 7) is 1.98. The number of nitrogens with one attached hydrogen (secondary N) is 1. The quantitative estimate of drug-likeness (QED) is 0.719. The van der Waals surface area contributed by atoms with Crippen molar-refractivity contribution in [2.75, 3.05) is 0 Å². The number of para-hydroxylation sites is 1. The van der Waals surface area contributed by atoms with Gasteiger partial charge in [-0.15, -0.1) is 11.3 Å². The van der Waals surface area contributed by atoms with Crippen molar-refractivity contribution in [3.8, 4) is 5.00 Å². The molecule has 0 radical (unpaired) electrons. The average molecular weight is 265 g/mol. The maximum absolute atomic E-state index is 12.0. The first-order valence-electron chi connectivity index (χ1n) is 5.13. The lowest BCUT2D eigenvalue weighted by Gasteiger charge is -1.99. The zero-order valence-corrected chi connectivity index (χ0v) is 10.6. The van der Waals surface area contributed by atoms with Gasteiger partial charge in [0.25, 0.3) is 0 Å². The van der Waals surface area contributed by atoms with E-state index in [0.29, 0.717) is 4.34 Å². The van der Waals surface area contributed by atoms with Crippen LogP contribution in [0.2, 0.25) is 4.34 Å². The number of halogens is 1. The number of benzene rings is 1. The van der Waals surface area contributed by atoms with Gasteiger partial charge in [-0.05, 0) is 30.7 Å². The maximum atomic E-state index is 12.0. The largest absolute Gasteiger partial charge is 0.331 e. The predicted octanol–water partition coefficient (Wildman–Crippen LogP) is 3.34. The zero-order valence-electron chi connectivity index (χ0n) is 9.03. The molecule has 0 atom stereocenters. The number of thiophene rings is 1. The first-order valence-corrected chi connectivity index (χ1v) is 6.32. The van der Waals surface area contributed by atoms with Crippen LogP contribution < -0.4 is 5.69 Å². The van der Waals surface area contributed by atoms with Gasteiger partial charge in [0.05, 0.1) is 15.4 Å². The molecule has 0 aliphatic heterocycles. The van der Waals surface area contributed by atoms with Crippen molar-refractivity contribution in [3.05, 3.63) is 50.7 Å². The van der Waals surface area contributed by atoms with E-state index >= 15 is 0 Å². The zero-order chi connectivity index (χ0) is 12.0. The Bertz CT molecular complexity index is 753. The Balaban J connectivity index is 2.40. The van der Waals surface area contributed by atoms with Crippen LogP contribution in [0.15, 0.2) is 35.1 Å². The van der Waals surface area contributed by atoms with Gasteiger partial charge in [0, 0.05) is 0 Å². The first-order chi connectivity index (χ1) is 8.16. The fourth-order valence-electron chi connectivity index (χ4n) is 1.92. The van der Waals surface area contributed by atoms with E-state index in [1.54, 1.807) is 10.6 Å². The second-order valence-electron chi connectivity index (χ2n) is 3.81. The summed E-state index contributed by atoms with van der Waals surface area (Å²) in [7, 11) is 0. The summed E-state index contributed by atoms with van der Waals surface area (Å²) >= 11 is 7.29. The summed E-state index contributed by atoms with van der Waals surface area (Å²) in [5.41, 5.74) is 2.68. The summed E-state index contributed by atoms with van der Waals surface area (Å²) in [6, 6.07) is 9.49. The van der Waals surface area contributed by atoms with Gasteiger partial charge >= 0.3 is 5.69 Å². The second-order valence-corrected chi connectivity index (χ2v) is 5.51. The van der Waals surface area contributed by atoms with Crippen LogP contribution in [0, 0.1) is 6.92 Å². The van der Waals surface area contributed by atoms with Crippen molar-refractivity contribution in [3.63, 3.8) is 0 Å². The molecular formula is C12H9ClN2OS. The Kier molecular flexibility index (Phi) is 2.34. The topological polar surface area (TPSA) is 37.8 Å². The van der Waals surface area contributed by atoms with Crippen LogP contribution in [0.3, 0.4) is 0 Å². The van der Waals surface area contributed by atoms with Crippen LogP contribution in [-0.4, -0.2) is 9.55 Å². The smallest absolute Gasteiger partial charge is 0.305 e. The molecule has 1 aromatic carbocycles. The van der Waals surface area contributed by atoms with E-state index in [1.807, 2.05) is 31.2 Å². The predicted molar refractivity (Wildman–Crippen MR) is 71.5 cm³/mol. The molecule has 0 aliphatic carbocycles. The van der Waals surface area contributed by atoms with E-state index in [9.17, 15) is 4.79 Å². The summed E-state index contributed by atoms with van der Waals surface area (Å²) in [6.07, 6.45) is 0. The minimum absolute atomic E-state index is 0.132. The standard InChI is InChI=1S/C12H9ClN2OS/c1-7-3-2-4-8-11(7)14-12(16)15(8)10-6-5-9(13)17-10/h2-6H,1H3,(H,14,16). The van der Waals surface area contributed by atoms with Crippen LogP contribution in [0.4, 0.5) is 0 Å². The maximum Gasteiger partial charge on any atom is 0.331 e. The van der Waals surface area contributed by atoms with Crippen LogP contribution in [-0.2, 0) is 0 Å². The fourth-order valence-corrected chi connectivity index (χ4v) is 2.96. The molecule has 0 unspecified atom stereocenters. The molecule has 3 nitrogen and oxygen atoms in total. The number of H-pyrrole nitrogens is 1. The fraction of sp³-hybridized carbons (Fsp3) is 0.0833. The number of hydrogen-bond acceptors (Lipinski definition) is 2. The molecule has 2 aromatic heterocycles. The number of nitrogens with zero attached hydrogens (tertiary/aromatic N) is 1. The molecule has 3 rings (SSSR count). The highest BCUT2D eigenvalue weighted by molar-refractivity contribution is 7.18. The van der Waals surface area contributed by atoms with Gasteiger partial charge in [0.15, 0.2) is 0 Å². The van der Waals surface area contributed by atoms with E-state index in [0.717, 1.165) is 21.6 Å². The van der Waals surface area contributed by atoms with Gasteiger partial charge in [0.1, 0.15) is 5.00 Å². The highest BCUT2D eigenvalue weighted by Crippen LogP contribution is 2.26. The summed E-state index contributed by atoms with van der Waals surface area (Å²) < 4.78 is 2.33. The van der Waals surface area contributed by atoms with Gasteiger partial charge in [-0.2, -0.15) is 0 Å². The third-order valence-corrected chi connectivity index (χ3v) is 3.92. The highest BCUT2D eigenvalue weighted by atomic mass is 35.5. The Labute approximate surface area is 106 Å². The number of fused-ring (bicyclic) bond motifs is 1. The van der Waals surface area contributed by atoms with Crippen molar-refractivity contribution >= 4 is 34.0 Å². The third kappa shape index (κ3) is 1.61. The lowest BCUT2D eigenvalue weighted by molar-refractivity contribution is 1.04. The van der Waals surface area contributed by atoms with Gasteiger partial charge in [0.2, 0.25) is 0 Å². The Hall–Kier alpha value is -1.52. The molecule has 2 heterocycles. The minimum Gasteiger partial charge on any atom is -0.305 e. The van der Waals surface area contributed by atoms with E-state index in [1.165, 1.54) is 11.3 Å². The molecule has 0 fully saturated rings. The van der Waals surface area contributed by atoms with Gasteiger partial charge in [-0.25, -0.2) is 4.79 Å². The van der Waals surface area contributed by atoms with Crippen molar-refractivity contribution < 1.29 is 0 Å². The third-order valence-electron chi connectivity index (χ3n) is 2.71. The van der Waals surface area contributed by atoms with Gasteiger partial charge in [-0.3, -0.25) is 4.57 Å². The number of aromatic nitrogens is 2. The Morgan fingerprint density at radius 1 is 1.29 bits per heavy atom. The Morgan fingerprint density at radius 3 is 2.82 bits per heavy atom. The molecule has 1 N–H and O–H groups in total. The van der Waals surface area contributed by atoms with Crippen LogP contribution in [0.1, 0.15) is 5.56 Å². The molecule has 3 aromatic rings. The van der Waals surface area contributed by atoms with Crippen LogP contribution in [0.25, 0.3) is 16.0 Å². The minimum atomic E-state index is -0.132. The Morgan fingerprint density at radius 2 is 2.12 bits per heavy atom. The molecule has 0 saturated heterocycles. The lowest BCUT2D eigenvalue weighted by Crippen LogP contribution is -2.13. The molecular weight excluding hydrogens is 256 g/mol. The molecule has 0 aliphatic rings. The summed E-state index contributed by atoms with van der Waals surface area (Å²) in [4.78, 5) is 14.8. The SMILES string of the molecule is Cc1cccc2c1[nH]c(=O)n2-c1ccc(Cl)s1. The highest BCUT2D eigenvalue weighted by Gasteiger charge is 2.11. The number of hydrogen-bond donors (Lipinski definition) is 1. The van der Waals surface area contributed by atoms with E-state index in [-0.39, 0.29) is 5.69 Å². The van der Waals surface area contributed by atoms with Crippen LogP contribution in [0.5, 0.6) is 0 Å². The van der Waals surface area contributed by atoms with E-state index < -0.39 is 0 Å². The monoisotopic (exact) mass is 264 g/mol. The lowest BCUT2D eigenvalue weighted by atomic mass is 10.2. The molecule has 5 heteroatoms. The average Bonchev–Trinajstić information content (AvgIpc) is 2.82. The number of rotatable bonds is 1.